The molecule has 3 aromatic rings. The van der Waals surface area contributed by atoms with E-state index in [0.29, 0.717) is 16.2 Å². The minimum atomic E-state index is -4.11. The van der Waals surface area contributed by atoms with Crippen LogP contribution in [-0.4, -0.2) is 27.9 Å². The number of benzene rings is 1. The van der Waals surface area contributed by atoms with Gasteiger partial charge in [-0.1, -0.05) is 11.6 Å². The molecule has 0 bridgehead atoms. The van der Waals surface area contributed by atoms with Crippen LogP contribution in [0.1, 0.15) is 11.1 Å². The third kappa shape index (κ3) is 3.26. The predicted octanol–water partition coefficient (Wildman–Crippen LogP) is 2.71. The number of halogens is 1. The van der Waals surface area contributed by atoms with Crippen LogP contribution in [0.5, 0.6) is 0 Å². The Hall–Kier alpha value is -2.72. The first kappa shape index (κ1) is 17.1. The summed E-state index contributed by atoms with van der Waals surface area (Å²) in [5.41, 5.74) is 0.578. The molecule has 0 saturated carbocycles. The Morgan fingerprint density at radius 1 is 1.28 bits per heavy atom. The molecule has 0 unspecified atom stereocenters. The number of nitrogens with one attached hydrogen (secondary N) is 1. The quantitative estimate of drug-likeness (QED) is 0.548. The fraction of sp³-hybridized carbons (Fsp3) is 0.143. The fourth-order valence-electron chi connectivity index (χ4n) is 2.35. The number of rotatable bonds is 4. The van der Waals surface area contributed by atoms with Crippen molar-refractivity contribution in [3.8, 4) is 0 Å². The largest absolute Gasteiger partial charge is 0.273 e. The molecule has 0 aliphatic heterocycles. The predicted molar refractivity (Wildman–Crippen MR) is 91.4 cm³/mol. The van der Waals surface area contributed by atoms with Gasteiger partial charge in [0.1, 0.15) is 0 Å². The molecule has 2 heterocycles. The summed E-state index contributed by atoms with van der Waals surface area (Å²) in [6.45, 7) is 2.96. The van der Waals surface area contributed by atoms with Gasteiger partial charge in [-0.15, -0.1) is 5.10 Å². The number of pyridine rings is 1. The van der Waals surface area contributed by atoms with Gasteiger partial charge < -0.3 is 0 Å². The number of sulfonamides is 1. The van der Waals surface area contributed by atoms with Gasteiger partial charge in [0.15, 0.2) is 5.65 Å². The minimum absolute atomic E-state index is 0.0370. The van der Waals surface area contributed by atoms with Gasteiger partial charge in [-0.05, 0) is 31.5 Å². The molecule has 1 aromatic carbocycles. The molecule has 0 aliphatic rings. The van der Waals surface area contributed by atoms with Gasteiger partial charge in [0.25, 0.3) is 21.7 Å². The van der Waals surface area contributed by atoms with E-state index in [1.54, 1.807) is 13.0 Å². The van der Waals surface area contributed by atoms with E-state index in [4.69, 9.17) is 11.6 Å². The van der Waals surface area contributed by atoms with Gasteiger partial charge in [-0.3, -0.25) is 10.1 Å². The lowest BCUT2D eigenvalue weighted by molar-refractivity contribution is -0.385. The minimum Gasteiger partial charge on any atom is -0.258 e. The molecule has 0 aliphatic carbocycles. The molecule has 11 heteroatoms. The summed E-state index contributed by atoms with van der Waals surface area (Å²) in [6, 6.07) is 5.78. The number of aromatic nitrogens is 3. The van der Waals surface area contributed by atoms with Crippen molar-refractivity contribution < 1.29 is 13.3 Å². The van der Waals surface area contributed by atoms with Crippen molar-refractivity contribution in [2.45, 2.75) is 18.7 Å². The summed E-state index contributed by atoms with van der Waals surface area (Å²) in [5.74, 6) is -0.161. The monoisotopic (exact) mass is 381 g/mol. The molecular formula is C14H12ClN5O4S. The first-order valence-corrected chi connectivity index (χ1v) is 8.84. The van der Waals surface area contributed by atoms with Crippen molar-refractivity contribution in [1.82, 2.24) is 14.6 Å². The lowest BCUT2D eigenvalue weighted by Crippen LogP contribution is -2.16. The third-order valence-electron chi connectivity index (χ3n) is 3.49. The summed E-state index contributed by atoms with van der Waals surface area (Å²) in [6.07, 6.45) is 1.53. The average molecular weight is 382 g/mol. The molecule has 25 heavy (non-hydrogen) atoms. The van der Waals surface area contributed by atoms with E-state index in [-0.39, 0.29) is 22.1 Å². The second-order valence-electron chi connectivity index (χ2n) is 5.35. The molecule has 9 nitrogen and oxygen atoms in total. The highest BCUT2D eigenvalue weighted by Crippen LogP contribution is 2.28. The van der Waals surface area contributed by atoms with Gasteiger partial charge in [0.05, 0.1) is 9.82 Å². The summed E-state index contributed by atoms with van der Waals surface area (Å²) >= 11 is 5.86. The Morgan fingerprint density at radius 2 is 2.00 bits per heavy atom. The Balaban J connectivity index is 2.05. The molecule has 0 saturated heterocycles. The van der Waals surface area contributed by atoms with Crippen LogP contribution in [0, 0.1) is 24.0 Å². The zero-order chi connectivity index (χ0) is 18.4. The van der Waals surface area contributed by atoms with Crippen LogP contribution in [0.4, 0.5) is 11.6 Å². The summed E-state index contributed by atoms with van der Waals surface area (Å²) in [7, 11) is -4.11. The number of hydrogen-bond donors (Lipinski definition) is 1. The Morgan fingerprint density at radius 3 is 2.68 bits per heavy atom. The van der Waals surface area contributed by atoms with E-state index in [0.717, 1.165) is 0 Å². The molecule has 0 spiro atoms. The maximum atomic E-state index is 12.6. The average Bonchev–Trinajstić information content (AvgIpc) is 2.89. The SMILES string of the molecule is Cc1cc([N+](=O)[O-])c(C)c(S(=O)(=O)Nc2nc3cc(Cl)ccn3n2)c1. The number of nitro groups is 1. The standard InChI is InChI=1S/C14H12ClN5O4S/c1-8-5-11(20(21)22)9(2)12(6-8)25(23,24)18-14-16-13-7-10(15)3-4-19(13)17-14/h3-7H,1-2H3,(H,17,18). The van der Waals surface area contributed by atoms with Gasteiger partial charge in [0, 0.05) is 28.9 Å². The number of fused-ring (bicyclic) bond motifs is 1. The molecule has 130 valence electrons. The highest BCUT2D eigenvalue weighted by atomic mass is 35.5. The molecule has 0 radical (unpaired) electrons. The maximum Gasteiger partial charge on any atom is 0.273 e. The highest BCUT2D eigenvalue weighted by Gasteiger charge is 2.25. The Kier molecular flexibility index (Phi) is 4.09. The van der Waals surface area contributed by atoms with Gasteiger partial charge in [0.2, 0.25) is 0 Å². The third-order valence-corrected chi connectivity index (χ3v) is 5.18. The molecule has 0 fully saturated rings. The van der Waals surface area contributed by atoms with Crippen LogP contribution in [-0.2, 0) is 10.0 Å². The molecule has 1 N–H and O–H groups in total. The fourth-order valence-corrected chi connectivity index (χ4v) is 3.79. The molecule has 0 amide bonds. The van der Waals surface area contributed by atoms with Crippen molar-refractivity contribution in [3.05, 3.63) is 56.7 Å². The van der Waals surface area contributed by atoms with E-state index in [1.807, 2.05) is 0 Å². The first-order valence-electron chi connectivity index (χ1n) is 6.98. The van der Waals surface area contributed by atoms with Crippen molar-refractivity contribution >= 4 is 38.9 Å². The van der Waals surface area contributed by atoms with E-state index in [2.05, 4.69) is 14.8 Å². The van der Waals surface area contributed by atoms with Gasteiger partial charge in [-0.25, -0.2) is 17.7 Å². The van der Waals surface area contributed by atoms with Crippen LogP contribution >= 0.6 is 11.6 Å². The van der Waals surface area contributed by atoms with Crippen LogP contribution in [0.25, 0.3) is 5.65 Å². The smallest absolute Gasteiger partial charge is 0.258 e. The topological polar surface area (TPSA) is 120 Å². The number of anilines is 1. The Bertz CT molecular complexity index is 1110. The van der Waals surface area contributed by atoms with Gasteiger partial charge >= 0.3 is 0 Å². The Labute approximate surface area is 147 Å². The van der Waals surface area contributed by atoms with Crippen molar-refractivity contribution in [2.24, 2.45) is 0 Å². The van der Waals surface area contributed by atoms with Crippen molar-refractivity contribution in [3.63, 3.8) is 0 Å². The summed E-state index contributed by atoms with van der Waals surface area (Å²) in [4.78, 5) is 14.3. The summed E-state index contributed by atoms with van der Waals surface area (Å²) < 4.78 is 28.9. The molecule has 0 atom stereocenters. The van der Waals surface area contributed by atoms with Crippen LogP contribution < -0.4 is 4.72 Å². The number of hydrogen-bond acceptors (Lipinski definition) is 6. The molecule has 3 rings (SSSR count). The van der Waals surface area contributed by atoms with E-state index < -0.39 is 14.9 Å². The zero-order valence-corrected chi connectivity index (χ0v) is 14.7. The van der Waals surface area contributed by atoms with E-state index in [1.165, 1.54) is 35.8 Å². The van der Waals surface area contributed by atoms with E-state index >= 15 is 0 Å². The van der Waals surface area contributed by atoms with E-state index in [9.17, 15) is 18.5 Å². The van der Waals surface area contributed by atoms with Crippen molar-refractivity contribution in [2.75, 3.05) is 4.72 Å². The zero-order valence-electron chi connectivity index (χ0n) is 13.1. The van der Waals surface area contributed by atoms with Gasteiger partial charge in [-0.2, -0.15) is 4.98 Å². The first-order chi connectivity index (χ1) is 11.7. The van der Waals surface area contributed by atoms with Crippen molar-refractivity contribution in [1.29, 1.82) is 0 Å². The lowest BCUT2D eigenvalue weighted by Gasteiger charge is -2.09. The molecule has 2 aromatic heterocycles. The highest BCUT2D eigenvalue weighted by molar-refractivity contribution is 7.92. The maximum absolute atomic E-state index is 12.6. The second-order valence-corrected chi connectivity index (χ2v) is 7.44. The number of nitrogens with zero attached hydrogens (tertiary/aromatic N) is 4. The van der Waals surface area contributed by atoms with Crippen LogP contribution in [0.2, 0.25) is 5.02 Å². The summed E-state index contributed by atoms with van der Waals surface area (Å²) in [5, 5.41) is 15.5. The van der Waals surface area contributed by atoms with Crippen LogP contribution in [0.15, 0.2) is 35.4 Å². The number of nitro benzene ring substituents is 1. The second kappa shape index (κ2) is 5.97. The number of aryl methyl sites for hydroxylation is 1. The molecular weight excluding hydrogens is 370 g/mol. The van der Waals surface area contributed by atoms with Crippen LogP contribution in [0.3, 0.4) is 0 Å². The lowest BCUT2D eigenvalue weighted by atomic mass is 10.1. The normalized spacial score (nSPS) is 11.6.